The monoisotopic (exact) mass is 263 g/mol. The summed E-state index contributed by atoms with van der Waals surface area (Å²) in [6, 6.07) is 0. The Kier molecular flexibility index (Phi) is 11.5. The first kappa shape index (κ1) is 16.0. The van der Waals surface area contributed by atoms with Gasteiger partial charge < -0.3 is 15.3 Å². The molecular formula is C11H21NO2S2. The van der Waals surface area contributed by atoms with Crippen molar-refractivity contribution >= 4 is 36.1 Å². The van der Waals surface area contributed by atoms with E-state index in [4.69, 9.17) is 5.73 Å². The van der Waals surface area contributed by atoms with Crippen LogP contribution in [0.15, 0.2) is 0 Å². The van der Waals surface area contributed by atoms with Gasteiger partial charge in [0.1, 0.15) is 12.6 Å². The van der Waals surface area contributed by atoms with Crippen molar-refractivity contribution in [3.63, 3.8) is 0 Å². The Morgan fingerprint density at radius 1 is 1.06 bits per heavy atom. The van der Waals surface area contributed by atoms with Gasteiger partial charge in [-0.2, -0.15) is 23.5 Å². The van der Waals surface area contributed by atoms with Gasteiger partial charge in [0, 0.05) is 35.6 Å². The minimum Gasteiger partial charge on any atom is -0.330 e. The molecule has 0 amide bonds. The molecule has 0 aromatic rings. The van der Waals surface area contributed by atoms with Gasteiger partial charge in [-0.05, 0) is 12.2 Å². The summed E-state index contributed by atoms with van der Waals surface area (Å²) in [5.41, 5.74) is 5.46. The standard InChI is InChI=1S/C11H21NO2S2/c1-2-8-15-10(3-6-13)11(4-7-14)16-9-5-12/h6-7,10-11H,2-5,8-9,12H2,1H3. The average Bonchev–Trinajstić information content (AvgIpc) is 2.30. The summed E-state index contributed by atoms with van der Waals surface area (Å²) in [5.74, 6) is 1.89. The fourth-order valence-electron chi connectivity index (χ4n) is 1.33. The minimum atomic E-state index is 0.225. The van der Waals surface area contributed by atoms with E-state index in [1.165, 1.54) is 0 Å². The second-order valence-corrected chi connectivity index (χ2v) is 6.11. The van der Waals surface area contributed by atoms with Crippen LogP contribution in [0, 0.1) is 0 Å². The van der Waals surface area contributed by atoms with Crippen LogP contribution in [0.2, 0.25) is 0 Å². The van der Waals surface area contributed by atoms with Crippen molar-refractivity contribution in [2.24, 2.45) is 5.73 Å². The van der Waals surface area contributed by atoms with Crippen molar-refractivity contribution < 1.29 is 9.59 Å². The molecule has 2 unspecified atom stereocenters. The molecule has 16 heavy (non-hydrogen) atoms. The van der Waals surface area contributed by atoms with Crippen LogP contribution in [0.4, 0.5) is 0 Å². The van der Waals surface area contributed by atoms with Gasteiger partial charge in [-0.1, -0.05) is 6.92 Å². The predicted molar refractivity (Wildman–Crippen MR) is 73.2 cm³/mol. The number of nitrogens with two attached hydrogens (primary N) is 1. The van der Waals surface area contributed by atoms with E-state index in [1.807, 2.05) is 0 Å². The maximum absolute atomic E-state index is 10.6. The normalized spacial score (nSPS) is 14.4. The van der Waals surface area contributed by atoms with E-state index in [9.17, 15) is 9.59 Å². The minimum absolute atomic E-state index is 0.225. The van der Waals surface area contributed by atoms with E-state index < -0.39 is 0 Å². The van der Waals surface area contributed by atoms with Gasteiger partial charge >= 0.3 is 0 Å². The predicted octanol–water partition coefficient (Wildman–Crippen LogP) is 1.74. The third kappa shape index (κ3) is 7.30. The largest absolute Gasteiger partial charge is 0.330 e. The lowest BCUT2D eigenvalue weighted by Gasteiger charge is -2.23. The Balaban J connectivity index is 4.24. The number of thioether (sulfide) groups is 2. The quantitative estimate of drug-likeness (QED) is 0.575. The molecule has 2 atom stereocenters. The van der Waals surface area contributed by atoms with E-state index >= 15 is 0 Å². The van der Waals surface area contributed by atoms with E-state index in [0.717, 1.165) is 30.5 Å². The van der Waals surface area contributed by atoms with E-state index in [2.05, 4.69) is 6.92 Å². The highest BCUT2D eigenvalue weighted by Crippen LogP contribution is 2.28. The molecule has 0 saturated heterocycles. The van der Waals surface area contributed by atoms with Gasteiger partial charge in [-0.15, -0.1) is 0 Å². The van der Waals surface area contributed by atoms with Gasteiger partial charge in [0.05, 0.1) is 0 Å². The zero-order valence-electron chi connectivity index (χ0n) is 9.76. The lowest BCUT2D eigenvalue weighted by atomic mass is 10.2. The molecule has 0 aliphatic heterocycles. The first-order valence-electron chi connectivity index (χ1n) is 5.60. The van der Waals surface area contributed by atoms with Gasteiger partial charge in [0.25, 0.3) is 0 Å². The van der Waals surface area contributed by atoms with Gasteiger partial charge in [0.2, 0.25) is 0 Å². The summed E-state index contributed by atoms with van der Waals surface area (Å²) in [6.07, 6.45) is 4.03. The van der Waals surface area contributed by atoms with Crippen molar-refractivity contribution in [2.45, 2.75) is 36.7 Å². The first-order valence-corrected chi connectivity index (χ1v) is 7.70. The molecule has 0 bridgehead atoms. The van der Waals surface area contributed by atoms with Crippen molar-refractivity contribution in [1.29, 1.82) is 0 Å². The summed E-state index contributed by atoms with van der Waals surface area (Å²) in [4.78, 5) is 21.2. The van der Waals surface area contributed by atoms with Crippen molar-refractivity contribution in [3.8, 4) is 0 Å². The zero-order valence-corrected chi connectivity index (χ0v) is 11.4. The Bertz CT molecular complexity index is 171. The fourth-order valence-corrected chi connectivity index (χ4v) is 3.86. The summed E-state index contributed by atoms with van der Waals surface area (Å²) < 4.78 is 0. The number of carbonyl (C=O) groups excluding carboxylic acids is 2. The molecule has 0 aliphatic rings. The number of carbonyl (C=O) groups is 2. The van der Waals surface area contributed by atoms with Crippen molar-refractivity contribution in [1.82, 2.24) is 0 Å². The Labute approximate surface area is 106 Å². The maximum Gasteiger partial charge on any atom is 0.121 e. The number of aldehydes is 2. The first-order chi connectivity index (χ1) is 7.79. The van der Waals surface area contributed by atoms with Crippen LogP contribution in [0.1, 0.15) is 26.2 Å². The Morgan fingerprint density at radius 2 is 1.56 bits per heavy atom. The molecule has 2 N–H and O–H groups in total. The summed E-state index contributed by atoms with van der Waals surface area (Å²) in [6.45, 7) is 2.74. The van der Waals surface area contributed by atoms with Crippen molar-refractivity contribution in [2.75, 3.05) is 18.1 Å². The summed E-state index contributed by atoms with van der Waals surface area (Å²) in [5, 5.41) is 0.474. The Hall–Kier alpha value is -0.0000000000000000763. The number of hydrogen-bond donors (Lipinski definition) is 1. The highest BCUT2D eigenvalue weighted by atomic mass is 32.2. The zero-order chi connectivity index (χ0) is 12.2. The van der Waals surface area contributed by atoms with Crippen LogP contribution in [-0.2, 0) is 9.59 Å². The van der Waals surface area contributed by atoms with Crippen molar-refractivity contribution in [3.05, 3.63) is 0 Å². The summed E-state index contributed by atoms with van der Waals surface area (Å²) >= 11 is 3.50. The lowest BCUT2D eigenvalue weighted by molar-refractivity contribution is -0.109. The highest BCUT2D eigenvalue weighted by Gasteiger charge is 2.21. The van der Waals surface area contributed by atoms with Crippen LogP contribution in [0.25, 0.3) is 0 Å². The molecule has 0 radical (unpaired) electrons. The van der Waals surface area contributed by atoms with E-state index in [0.29, 0.717) is 19.4 Å². The molecule has 0 heterocycles. The van der Waals surface area contributed by atoms with Crippen LogP contribution in [-0.4, -0.2) is 41.1 Å². The smallest absolute Gasteiger partial charge is 0.121 e. The molecular weight excluding hydrogens is 242 g/mol. The molecule has 3 nitrogen and oxygen atoms in total. The molecule has 0 spiro atoms. The van der Waals surface area contributed by atoms with E-state index in [-0.39, 0.29) is 10.5 Å². The second kappa shape index (κ2) is 11.5. The third-order valence-corrected chi connectivity index (χ3v) is 5.24. The average molecular weight is 263 g/mol. The number of rotatable bonds is 11. The van der Waals surface area contributed by atoms with Gasteiger partial charge in [-0.3, -0.25) is 0 Å². The van der Waals surface area contributed by atoms with Gasteiger partial charge in [0.15, 0.2) is 0 Å². The van der Waals surface area contributed by atoms with Crippen LogP contribution in [0.5, 0.6) is 0 Å². The SMILES string of the molecule is CCCSC(CC=O)C(CC=O)SCCN. The molecule has 94 valence electrons. The Morgan fingerprint density at radius 3 is 1.94 bits per heavy atom. The summed E-state index contributed by atoms with van der Waals surface area (Å²) in [7, 11) is 0. The molecule has 5 heteroatoms. The molecule has 0 saturated carbocycles. The molecule has 0 aromatic carbocycles. The molecule has 0 rings (SSSR count). The highest BCUT2D eigenvalue weighted by molar-refractivity contribution is 8.03. The van der Waals surface area contributed by atoms with E-state index in [1.54, 1.807) is 23.5 Å². The molecule has 0 aromatic heterocycles. The van der Waals surface area contributed by atoms with Gasteiger partial charge in [-0.25, -0.2) is 0 Å². The maximum atomic E-state index is 10.6. The number of hydrogen-bond acceptors (Lipinski definition) is 5. The topological polar surface area (TPSA) is 60.2 Å². The third-order valence-electron chi connectivity index (χ3n) is 2.06. The fraction of sp³-hybridized carbons (Fsp3) is 0.818. The lowest BCUT2D eigenvalue weighted by Crippen LogP contribution is -2.23. The molecule has 0 fully saturated rings. The van der Waals surface area contributed by atoms with Crippen LogP contribution >= 0.6 is 23.5 Å². The molecule has 0 aliphatic carbocycles. The van der Waals surface area contributed by atoms with Crippen LogP contribution in [0.3, 0.4) is 0 Å². The van der Waals surface area contributed by atoms with Crippen LogP contribution < -0.4 is 5.73 Å². The second-order valence-electron chi connectivity index (χ2n) is 3.41.